The number of carbonyl (C=O) groups excluding carboxylic acids is 1. The Kier molecular flexibility index (Phi) is 5.16. The number of hydrogen-bond donors (Lipinski definition) is 2. The second-order valence-electron chi connectivity index (χ2n) is 4.88. The van der Waals surface area contributed by atoms with Crippen LogP contribution in [0.4, 0.5) is 5.69 Å². The van der Waals surface area contributed by atoms with E-state index in [0.717, 1.165) is 36.1 Å². The third-order valence-electron chi connectivity index (χ3n) is 3.30. The van der Waals surface area contributed by atoms with Crippen molar-refractivity contribution < 1.29 is 9.53 Å². The molecule has 1 unspecified atom stereocenters. The summed E-state index contributed by atoms with van der Waals surface area (Å²) in [4.78, 5) is 12.1. The molecule has 1 aromatic carbocycles. The Labute approximate surface area is 119 Å². The van der Waals surface area contributed by atoms with Gasteiger partial charge in [-0.05, 0) is 43.9 Å². The Bertz CT molecular complexity index is 537. The van der Waals surface area contributed by atoms with Gasteiger partial charge in [-0.1, -0.05) is 17.9 Å². The third kappa shape index (κ3) is 3.83. The van der Waals surface area contributed by atoms with E-state index in [-0.39, 0.29) is 12.0 Å². The zero-order valence-electron chi connectivity index (χ0n) is 11.7. The topological polar surface area (TPSA) is 64.3 Å². The monoisotopic (exact) mass is 272 g/mol. The quantitative estimate of drug-likeness (QED) is 0.807. The molecule has 1 aliphatic heterocycles. The lowest BCUT2D eigenvalue weighted by Gasteiger charge is -2.21. The Balaban J connectivity index is 2.07. The number of aryl methyl sites for hydroxylation is 1. The predicted molar refractivity (Wildman–Crippen MR) is 79.3 cm³/mol. The molecule has 1 atom stereocenters. The van der Waals surface area contributed by atoms with E-state index >= 15 is 0 Å². The smallest absolute Gasteiger partial charge is 0.253 e. The first-order chi connectivity index (χ1) is 9.70. The fourth-order valence-electron chi connectivity index (χ4n) is 2.15. The second-order valence-corrected chi connectivity index (χ2v) is 4.88. The van der Waals surface area contributed by atoms with Gasteiger partial charge in [-0.3, -0.25) is 4.79 Å². The summed E-state index contributed by atoms with van der Waals surface area (Å²) < 4.78 is 5.47. The molecule has 0 bridgehead atoms. The molecule has 1 saturated heterocycles. The van der Waals surface area contributed by atoms with Gasteiger partial charge in [0.15, 0.2) is 0 Å². The molecule has 1 aromatic rings. The molecule has 1 amide bonds. The molecule has 0 aliphatic carbocycles. The molecule has 2 rings (SSSR count). The van der Waals surface area contributed by atoms with Gasteiger partial charge < -0.3 is 15.8 Å². The van der Waals surface area contributed by atoms with E-state index in [1.54, 1.807) is 0 Å². The summed E-state index contributed by atoms with van der Waals surface area (Å²) in [6, 6.07) is 5.69. The molecule has 0 saturated carbocycles. The number of nitrogens with two attached hydrogens (primary N) is 1. The van der Waals surface area contributed by atoms with Crippen LogP contribution in [0.1, 0.15) is 30.4 Å². The van der Waals surface area contributed by atoms with Gasteiger partial charge in [0.2, 0.25) is 0 Å². The number of nitrogens with one attached hydrogen (secondary N) is 1. The molecule has 106 valence electrons. The van der Waals surface area contributed by atoms with Crippen LogP contribution in [-0.2, 0) is 9.53 Å². The molecule has 0 spiro atoms. The van der Waals surface area contributed by atoms with Gasteiger partial charge in [0, 0.05) is 17.9 Å². The minimum Gasteiger partial charge on any atom is -0.368 e. The average Bonchev–Trinajstić information content (AvgIpc) is 2.48. The van der Waals surface area contributed by atoms with E-state index in [2.05, 4.69) is 17.2 Å². The number of hydrogen-bond acceptors (Lipinski definition) is 3. The second kappa shape index (κ2) is 7.09. The number of amides is 1. The van der Waals surface area contributed by atoms with E-state index in [4.69, 9.17) is 10.5 Å². The van der Waals surface area contributed by atoms with Crippen LogP contribution in [0.5, 0.6) is 0 Å². The van der Waals surface area contributed by atoms with Crippen LogP contribution in [0.15, 0.2) is 18.2 Å². The summed E-state index contributed by atoms with van der Waals surface area (Å²) in [5.74, 6) is 5.76. The summed E-state index contributed by atoms with van der Waals surface area (Å²) >= 11 is 0. The van der Waals surface area contributed by atoms with Crippen molar-refractivity contribution in [3.8, 4) is 11.8 Å². The fraction of sp³-hybridized carbons (Fsp3) is 0.438. The fourth-order valence-corrected chi connectivity index (χ4v) is 2.15. The van der Waals surface area contributed by atoms with Crippen molar-refractivity contribution in [3.63, 3.8) is 0 Å². The highest BCUT2D eigenvalue weighted by molar-refractivity contribution is 5.94. The van der Waals surface area contributed by atoms with Crippen LogP contribution in [0.2, 0.25) is 0 Å². The minimum absolute atomic E-state index is 0.0775. The van der Waals surface area contributed by atoms with E-state index in [1.165, 1.54) is 0 Å². The van der Waals surface area contributed by atoms with Crippen LogP contribution in [0.25, 0.3) is 0 Å². The van der Waals surface area contributed by atoms with Gasteiger partial charge in [-0.15, -0.1) is 0 Å². The Morgan fingerprint density at radius 2 is 2.35 bits per heavy atom. The first-order valence-electron chi connectivity index (χ1n) is 6.93. The molecular weight excluding hydrogens is 252 g/mol. The molecule has 3 N–H and O–H groups in total. The lowest BCUT2D eigenvalue weighted by atomic mass is 10.1. The summed E-state index contributed by atoms with van der Waals surface area (Å²) in [6.07, 6.45) is 2.53. The van der Waals surface area contributed by atoms with E-state index in [9.17, 15) is 4.79 Å². The lowest BCUT2D eigenvalue weighted by Crippen LogP contribution is -2.33. The average molecular weight is 272 g/mol. The normalized spacial score (nSPS) is 18.0. The third-order valence-corrected chi connectivity index (χ3v) is 3.30. The van der Waals surface area contributed by atoms with Crippen LogP contribution in [0.3, 0.4) is 0 Å². The highest BCUT2D eigenvalue weighted by atomic mass is 16.5. The molecular formula is C16H20N2O2. The van der Waals surface area contributed by atoms with Gasteiger partial charge in [-0.2, -0.15) is 0 Å². The maximum atomic E-state index is 12.1. The standard InChI is InChI=1S/C16H20N2O2/c1-12-7-8-14(11-13(12)5-4-9-17)18-16(19)15-6-2-3-10-20-15/h7-8,11,15H,2-3,6,9-10,17H2,1H3,(H,18,19). The molecule has 0 aromatic heterocycles. The van der Waals surface area contributed by atoms with Crippen molar-refractivity contribution in [1.82, 2.24) is 0 Å². The van der Waals surface area contributed by atoms with Crippen LogP contribution < -0.4 is 11.1 Å². The van der Waals surface area contributed by atoms with Crippen molar-refractivity contribution in [2.24, 2.45) is 5.73 Å². The van der Waals surface area contributed by atoms with Crippen LogP contribution in [0, 0.1) is 18.8 Å². The molecule has 4 nitrogen and oxygen atoms in total. The SMILES string of the molecule is Cc1ccc(NC(=O)C2CCCCO2)cc1C#CCN. The predicted octanol–water partition coefficient (Wildman–Crippen LogP) is 1.81. The van der Waals surface area contributed by atoms with Gasteiger partial charge in [-0.25, -0.2) is 0 Å². The summed E-state index contributed by atoms with van der Waals surface area (Å²) in [7, 11) is 0. The van der Waals surface area contributed by atoms with Crippen molar-refractivity contribution >= 4 is 11.6 Å². The van der Waals surface area contributed by atoms with Crippen molar-refractivity contribution in [1.29, 1.82) is 0 Å². The van der Waals surface area contributed by atoms with Gasteiger partial charge in [0.05, 0.1) is 6.54 Å². The minimum atomic E-state index is -0.330. The molecule has 1 heterocycles. The molecule has 1 aliphatic rings. The highest BCUT2D eigenvalue weighted by Crippen LogP contribution is 2.18. The van der Waals surface area contributed by atoms with E-state index in [0.29, 0.717) is 13.2 Å². The molecule has 20 heavy (non-hydrogen) atoms. The number of benzene rings is 1. The summed E-state index contributed by atoms with van der Waals surface area (Å²) in [5, 5.41) is 2.89. The zero-order chi connectivity index (χ0) is 14.4. The molecule has 1 fully saturated rings. The largest absolute Gasteiger partial charge is 0.368 e. The van der Waals surface area contributed by atoms with Crippen LogP contribution >= 0.6 is 0 Å². The first kappa shape index (κ1) is 14.6. The number of carbonyl (C=O) groups is 1. The Hall–Kier alpha value is -1.83. The number of anilines is 1. The van der Waals surface area contributed by atoms with Crippen molar-refractivity contribution in [2.45, 2.75) is 32.3 Å². The van der Waals surface area contributed by atoms with Crippen molar-refractivity contribution in [2.75, 3.05) is 18.5 Å². The molecule has 0 radical (unpaired) electrons. The van der Waals surface area contributed by atoms with E-state index in [1.807, 2.05) is 25.1 Å². The van der Waals surface area contributed by atoms with Crippen molar-refractivity contribution in [3.05, 3.63) is 29.3 Å². The maximum absolute atomic E-state index is 12.1. The van der Waals surface area contributed by atoms with Gasteiger partial charge in [0.25, 0.3) is 5.91 Å². The maximum Gasteiger partial charge on any atom is 0.253 e. The van der Waals surface area contributed by atoms with Gasteiger partial charge in [0.1, 0.15) is 6.10 Å². The van der Waals surface area contributed by atoms with Gasteiger partial charge >= 0.3 is 0 Å². The number of ether oxygens (including phenoxy) is 1. The lowest BCUT2D eigenvalue weighted by molar-refractivity contribution is -0.129. The molecule has 4 heteroatoms. The zero-order valence-corrected chi connectivity index (χ0v) is 11.7. The van der Waals surface area contributed by atoms with Crippen LogP contribution in [-0.4, -0.2) is 25.2 Å². The Morgan fingerprint density at radius 3 is 3.05 bits per heavy atom. The summed E-state index contributed by atoms with van der Waals surface area (Å²) in [5.41, 5.74) is 8.08. The summed E-state index contributed by atoms with van der Waals surface area (Å²) in [6.45, 7) is 2.97. The number of rotatable bonds is 2. The Morgan fingerprint density at radius 1 is 1.50 bits per heavy atom. The highest BCUT2D eigenvalue weighted by Gasteiger charge is 2.21. The first-order valence-corrected chi connectivity index (χ1v) is 6.93. The van der Waals surface area contributed by atoms with E-state index < -0.39 is 0 Å².